The Bertz CT molecular complexity index is 1040. The average Bonchev–Trinajstić information content (AvgIpc) is 3.34. The Balaban J connectivity index is 1.46. The zero-order valence-corrected chi connectivity index (χ0v) is 18.4. The Morgan fingerprint density at radius 1 is 1.16 bits per heavy atom. The van der Waals surface area contributed by atoms with Gasteiger partial charge < -0.3 is 23.6 Å². The molecule has 9 nitrogen and oxygen atoms in total. The van der Waals surface area contributed by atoms with Crippen LogP contribution in [0, 0.1) is 0 Å². The van der Waals surface area contributed by atoms with Gasteiger partial charge in [0.05, 0.1) is 27.8 Å². The van der Waals surface area contributed by atoms with Crippen LogP contribution in [0.25, 0.3) is 11.6 Å². The fourth-order valence-corrected chi connectivity index (χ4v) is 3.93. The van der Waals surface area contributed by atoms with Crippen LogP contribution in [0.4, 0.5) is 0 Å². The van der Waals surface area contributed by atoms with Crippen molar-refractivity contribution in [2.45, 2.75) is 25.2 Å². The molecule has 4 rings (SSSR count). The number of rotatable bonds is 7. The molecule has 1 saturated heterocycles. The van der Waals surface area contributed by atoms with Crippen LogP contribution in [-0.2, 0) is 11.2 Å². The summed E-state index contributed by atoms with van der Waals surface area (Å²) in [5.74, 6) is 2.61. The lowest BCUT2D eigenvalue weighted by Gasteiger charge is -2.31. The Labute approximate surface area is 186 Å². The first kappa shape index (κ1) is 21.6. The summed E-state index contributed by atoms with van der Waals surface area (Å²) in [6.45, 7) is 1.25. The maximum Gasteiger partial charge on any atom is 0.276 e. The Kier molecular flexibility index (Phi) is 6.53. The monoisotopic (exact) mass is 438 g/mol. The van der Waals surface area contributed by atoms with E-state index in [0.29, 0.717) is 47.7 Å². The molecule has 2 aromatic heterocycles. The molecular formula is C23H26N4O5. The molecule has 0 spiro atoms. The molecule has 1 aliphatic heterocycles. The molecule has 3 heterocycles. The smallest absolute Gasteiger partial charge is 0.276 e. The maximum atomic E-state index is 13.1. The standard InChI is InChI=1S/C23H26N4O5/c1-29-18-11-15(12-19(30-2)21(18)31-3)13-20(28)27-10-6-7-16(14-27)22-25-23(32-26-22)17-8-4-5-9-24-17/h4-5,8-9,11-12,16H,6-7,10,13-14H2,1-3H3. The third kappa shape index (κ3) is 4.51. The predicted octanol–water partition coefficient (Wildman–Crippen LogP) is 3.11. The van der Waals surface area contributed by atoms with Gasteiger partial charge in [0.1, 0.15) is 5.69 Å². The number of hydrogen-bond acceptors (Lipinski definition) is 8. The number of aromatic nitrogens is 3. The number of piperidine rings is 1. The van der Waals surface area contributed by atoms with Gasteiger partial charge in [-0.05, 0) is 42.7 Å². The largest absolute Gasteiger partial charge is 0.493 e. The van der Waals surface area contributed by atoms with Gasteiger partial charge in [0.15, 0.2) is 17.3 Å². The van der Waals surface area contributed by atoms with Crippen LogP contribution in [-0.4, -0.2) is 60.4 Å². The first-order valence-electron chi connectivity index (χ1n) is 10.4. The minimum Gasteiger partial charge on any atom is -0.493 e. The summed E-state index contributed by atoms with van der Waals surface area (Å²) in [5.41, 5.74) is 1.43. The highest BCUT2D eigenvalue weighted by molar-refractivity contribution is 5.79. The molecule has 9 heteroatoms. The van der Waals surface area contributed by atoms with E-state index in [4.69, 9.17) is 18.7 Å². The summed E-state index contributed by atoms with van der Waals surface area (Å²) >= 11 is 0. The van der Waals surface area contributed by atoms with E-state index in [0.717, 1.165) is 18.4 Å². The van der Waals surface area contributed by atoms with E-state index in [2.05, 4.69) is 15.1 Å². The van der Waals surface area contributed by atoms with Crippen molar-refractivity contribution in [1.29, 1.82) is 0 Å². The summed E-state index contributed by atoms with van der Waals surface area (Å²) in [7, 11) is 4.67. The SMILES string of the molecule is COc1cc(CC(=O)N2CCCC(c3noc(-c4ccccn4)n3)C2)cc(OC)c1OC. The van der Waals surface area contributed by atoms with E-state index >= 15 is 0 Å². The van der Waals surface area contributed by atoms with Crippen molar-refractivity contribution in [2.75, 3.05) is 34.4 Å². The summed E-state index contributed by atoms with van der Waals surface area (Å²) in [6, 6.07) is 9.14. The number of hydrogen-bond donors (Lipinski definition) is 0. The molecule has 3 aromatic rings. The third-order valence-electron chi connectivity index (χ3n) is 5.54. The van der Waals surface area contributed by atoms with Crippen LogP contribution in [0.2, 0.25) is 0 Å². The van der Waals surface area contributed by atoms with Crippen LogP contribution >= 0.6 is 0 Å². The topological polar surface area (TPSA) is 99.8 Å². The zero-order chi connectivity index (χ0) is 22.5. The molecule has 0 aliphatic carbocycles. The van der Waals surface area contributed by atoms with Crippen LogP contribution < -0.4 is 14.2 Å². The fourth-order valence-electron chi connectivity index (χ4n) is 3.93. The summed E-state index contributed by atoms with van der Waals surface area (Å²) < 4.78 is 21.6. The number of carbonyl (C=O) groups excluding carboxylic acids is 1. The molecule has 0 bridgehead atoms. The quantitative estimate of drug-likeness (QED) is 0.555. The van der Waals surface area contributed by atoms with Gasteiger partial charge >= 0.3 is 0 Å². The molecule has 32 heavy (non-hydrogen) atoms. The Morgan fingerprint density at radius 3 is 2.59 bits per heavy atom. The van der Waals surface area contributed by atoms with Crippen molar-refractivity contribution in [1.82, 2.24) is 20.0 Å². The number of amides is 1. The van der Waals surface area contributed by atoms with E-state index in [9.17, 15) is 4.79 Å². The van der Waals surface area contributed by atoms with Gasteiger partial charge in [-0.3, -0.25) is 9.78 Å². The van der Waals surface area contributed by atoms with Crippen molar-refractivity contribution in [3.8, 4) is 28.8 Å². The number of ether oxygens (including phenoxy) is 3. The molecule has 0 radical (unpaired) electrons. The van der Waals surface area contributed by atoms with E-state index in [1.807, 2.05) is 23.1 Å². The first-order valence-corrected chi connectivity index (χ1v) is 10.4. The van der Waals surface area contributed by atoms with Gasteiger partial charge in [-0.2, -0.15) is 4.98 Å². The van der Waals surface area contributed by atoms with E-state index in [1.54, 1.807) is 39.7 Å². The zero-order valence-electron chi connectivity index (χ0n) is 18.4. The van der Waals surface area contributed by atoms with E-state index < -0.39 is 0 Å². The summed E-state index contributed by atoms with van der Waals surface area (Å²) in [5, 5.41) is 4.15. The van der Waals surface area contributed by atoms with Gasteiger partial charge in [-0.25, -0.2) is 0 Å². The van der Waals surface area contributed by atoms with Crippen molar-refractivity contribution in [3.05, 3.63) is 47.9 Å². The van der Waals surface area contributed by atoms with Crippen LogP contribution in [0.5, 0.6) is 17.2 Å². The lowest BCUT2D eigenvalue weighted by molar-refractivity contribution is -0.131. The van der Waals surface area contributed by atoms with Crippen LogP contribution in [0.15, 0.2) is 41.1 Å². The molecule has 1 amide bonds. The number of carbonyl (C=O) groups is 1. The van der Waals surface area contributed by atoms with Gasteiger partial charge in [0.2, 0.25) is 11.7 Å². The predicted molar refractivity (Wildman–Crippen MR) is 116 cm³/mol. The molecule has 1 aliphatic rings. The number of nitrogens with zero attached hydrogens (tertiary/aromatic N) is 4. The minimum atomic E-state index is 0.0221. The highest BCUT2D eigenvalue weighted by atomic mass is 16.5. The van der Waals surface area contributed by atoms with Crippen molar-refractivity contribution in [3.63, 3.8) is 0 Å². The van der Waals surface area contributed by atoms with Crippen LogP contribution in [0.1, 0.15) is 30.1 Å². The second kappa shape index (κ2) is 9.67. The van der Waals surface area contributed by atoms with Gasteiger partial charge in [0, 0.05) is 25.2 Å². The Morgan fingerprint density at radius 2 is 1.94 bits per heavy atom. The molecule has 0 saturated carbocycles. The molecule has 1 fully saturated rings. The molecule has 1 atom stereocenters. The van der Waals surface area contributed by atoms with Gasteiger partial charge in [-0.1, -0.05) is 11.2 Å². The van der Waals surface area contributed by atoms with Crippen molar-refractivity contribution in [2.24, 2.45) is 0 Å². The third-order valence-corrected chi connectivity index (χ3v) is 5.54. The normalized spacial score (nSPS) is 16.0. The van der Waals surface area contributed by atoms with Crippen molar-refractivity contribution >= 4 is 5.91 Å². The molecule has 1 aromatic carbocycles. The maximum absolute atomic E-state index is 13.1. The molecular weight excluding hydrogens is 412 g/mol. The number of benzene rings is 1. The average molecular weight is 438 g/mol. The molecule has 1 unspecified atom stereocenters. The molecule has 0 N–H and O–H groups in total. The molecule has 168 valence electrons. The lowest BCUT2D eigenvalue weighted by Crippen LogP contribution is -2.40. The van der Waals surface area contributed by atoms with Gasteiger partial charge in [0.25, 0.3) is 5.89 Å². The number of pyridine rings is 1. The van der Waals surface area contributed by atoms with Crippen LogP contribution in [0.3, 0.4) is 0 Å². The summed E-state index contributed by atoms with van der Waals surface area (Å²) in [6.07, 6.45) is 3.69. The lowest BCUT2D eigenvalue weighted by atomic mass is 9.96. The fraction of sp³-hybridized carbons (Fsp3) is 0.391. The van der Waals surface area contributed by atoms with Crippen molar-refractivity contribution < 1.29 is 23.5 Å². The van der Waals surface area contributed by atoms with E-state index in [-0.39, 0.29) is 18.2 Å². The summed E-state index contributed by atoms with van der Waals surface area (Å²) in [4.78, 5) is 23.7. The highest BCUT2D eigenvalue weighted by Crippen LogP contribution is 2.38. The second-order valence-corrected chi connectivity index (χ2v) is 7.56. The second-order valence-electron chi connectivity index (χ2n) is 7.56. The number of likely N-dealkylation sites (tertiary alicyclic amines) is 1. The Hall–Kier alpha value is -3.62. The minimum absolute atomic E-state index is 0.0221. The highest BCUT2D eigenvalue weighted by Gasteiger charge is 2.28. The first-order chi connectivity index (χ1) is 15.6. The van der Waals surface area contributed by atoms with Gasteiger partial charge in [-0.15, -0.1) is 0 Å². The van der Waals surface area contributed by atoms with E-state index in [1.165, 1.54) is 0 Å². The number of methoxy groups -OCH3 is 3.